The Morgan fingerprint density at radius 3 is 2.74 bits per heavy atom. The fraction of sp³-hybridized carbons (Fsp3) is 0.679. The summed E-state index contributed by atoms with van der Waals surface area (Å²) in [5, 5.41) is 22.1. The molecule has 6 heteroatoms. The minimum absolute atomic E-state index is 0.0221. The number of carbonyl (C=O) groups excluding carboxylic acids is 1. The van der Waals surface area contributed by atoms with Gasteiger partial charge in [-0.25, -0.2) is 0 Å². The van der Waals surface area contributed by atoms with Crippen LogP contribution in [0.5, 0.6) is 0 Å². The third-order valence-electron chi connectivity index (χ3n) is 10.8. The molecule has 4 fully saturated rings. The summed E-state index contributed by atoms with van der Waals surface area (Å²) in [5.41, 5.74) is 0.920. The van der Waals surface area contributed by atoms with Crippen molar-refractivity contribution >= 4 is 5.78 Å². The number of hydrogen-bond donors (Lipinski definition) is 2. The van der Waals surface area contributed by atoms with Crippen LogP contribution in [0.15, 0.2) is 30.4 Å². The molecule has 1 aromatic rings. The zero-order valence-corrected chi connectivity index (χ0v) is 20.3. The second-order valence-electron chi connectivity index (χ2n) is 12.2. The van der Waals surface area contributed by atoms with E-state index in [1.54, 1.807) is 6.08 Å². The highest BCUT2D eigenvalue weighted by molar-refractivity contribution is 5.97. The summed E-state index contributed by atoms with van der Waals surface area (Å²) in [6, 6.07) is 6.68. The number of allylic oxidation sites excluding steroid dienone is 1. The van der Waals surface area contributed by atoms with Gasteiger partial charge >= 0.3 is 0 Å². The van der Waals surface area contributed by atoms with Gasteiger partial charge in [0, 0.05) is 18.3 Å². The van der Waals surface area contributed by atoms with E-state index >= 15 is 0 Å². The molecule has 2 N–H and O–H groups in total. The molecule has 0 amide bonds. The van der Waals surface area contributed by atoms with E-state index in [0.29, 0.717) is 6.42 Å². The number of carbonyl (C=O) groups is 1. The molecule has 6 aliphatic rings. The number of ether oxygens (including phenoxy) is 3. The Balaban J connectivity index is 1.20. The molecule has 0 aromatic heterocycles. The standard InChI is InChI=1S/C28H34O6/c1-14(19-13-25(2)27(4,34-25)24(30)32-19)15-7-9-17-16(12-15)8-10-18-21(17)22-23(33-22)28(31)11-5-6-20(29)26(18,28)3/h5-7,9,12,14,18-19,21-24,30-31H,8,10-11,13H2,1-4H3/t14-,18-,19+,21-,22-,23-,24?,25-,26-,27+,28-/m0/s1. The van der Waals surface area contributed by atoms with Gasteiger partial charge in [0.25, 0.3) is 0 Å². The van der Waals surface area contributed by atoms with Gasteiger partial charge < -0.3 is 24.4 Å². The molecule has 3 aliphatic carbocycles. The lowest BCUT2D eigenvalue weighted by Gasteiger charge is -2.55. The number of rotatable bonds is 2. The van der Waals surface area contributed by atoms with Crippen molar-refractivity contribution in [2.75, 3.05) is 0 Å². The Labute approximate surface area is 200 Å². The first kappa shape index (κ1) is 21.7. The lowest BCUT2D eigenvalue weighted by molar-refractivity contribution is -0.187. The topological polar surface area (TPSA) is 91.8 Å². The zero-order valence-electron chi connectivity index (χ0n) is 20.3. The Morgan fingerprint density at radius 1 is 1.18 bits per heavy atom. The van der Waals surface area contributed by atoms with E-state index in [2.05, 4.69) is 32.0 Å². The molecular formula is C28H34O6. The van der Waals surface area contributed by atoms with Crippen molar-refractivity contribution in [2.24, 2.45) is 11.3 Å². The van der Waals surface area contributed by atoms with E-state index in [4.69, 9.17) is 14.2 Å². The largest absolute Gasteiger partial charge is 0.386 e. The first-order valence-electron chi connectivity index (χ1n) is 12.8. The van der Waals surface area contributed by atoms with Crippen LogP contribution in [0.4, 0.5) is 0 Å². The van der Waals surface area contributed by atoms with Crippen LogP contribution in [-0.4, -0.2) is 57.4 Å². The van der Waals surface area contributed by atoms with Gasteiger partial charge in [-0.2, -0.15) is 0 Å². The summed E-state index contributed by atoms with van der Waals surface area (Å²) in [6.45, 7) is 8.10. The number of aliphatic hydroxyl groups is 2. The Kier molecular flexibility index (Phi) is 4.08. The third kappa shape index (κ3) is 2.42. The number of benzene rings is 1. The summed E-state index contributed by atoms with van der Waals surface area (Å²) in [5.74, 6) is 0.351. The lowest BCUT2D eigenvalue weighted by Crippen LogP contribution is -2.65. The molecule has 3 heterocycles. The van der Waals surface area contributed by atoms with E-state index in [9.17, 15) is 15.0 Å². The van der Waals surface area contributed by atoms with Crippen LogP contribution in [0.3, 0.4) is 0 Å². The van der Waals surface area contributed by atoms with Gasteiger partial charge in [0.05, 0.1) is 17.6 Å². The van der Waals surface area contributed by atoms with Crippen LogP contribution >= 0.6 is 0 Å². The van der Waals surface area contributed by atoms with Gasteiger partial charge in [-0.1, -0.05) is 31.2 Å². The fourth-order valence-electron chi connectivity index (χ4n) is 8.09. The first-order chi connectivity index (χ1) is 16.0. The number of aliphatic hydroxyl groups excluding tert-OH is 1. The summed E-state index contributed by atoms with van der Waals surface area (Å²) in [4.78, 5) is 13.2. The SMILES string of the molecule is C[C@@H](c1ccc2c(c1)CC[C@H]1[C@H]2[C@@H]2O[C@@H]2[C@@]2(O)CC=CC(=O)[C@]12C)[C@H]1C[C@]2(C)O[C@]2(C)C(O)O1. The van der Waals surface area contributed by atoms with Crippen molar-refractivity contribution in [3.63, 3.8) is 0 Å². The fourth-order valence-corrected chi connectivity index (χ4v) is 8.09. The Bertz CT molecular complexity index is 1130. The van der Waals surface area contributed by atoms with E-state index in [1.165, 1.54) is 16.7 Å². The number of epoxide rings is 2. The van der Waals surface area contributed by atoms with Crippen molar-refractivity contribution in [2.45, 2.75) is 107 Å². The van der Waals surface area contributed by atoms with Gasteiger partial charge in [-0.3, -0.25) is 4.79 Å². The molecule has 11 atom stereocenters. The van der Waals surface area contributed by atoms with Crippen molar-refractivity contribution < 1.29 is 29.2 Å². The predicted octanol–water partition coefficient (Wildman–Crippen LogP) is 3.14. The van der Waals surface area contributed by atoms with Crippen molar-refractivity contribution in [3.05, 3.63) is 47.0 Å². The van der Waals surface area contributed by atoms with Crippen LogP contribution in [0, 0.1) is 11.3 Å². The second-order valence-corrected chi connectivity index (χ2v) is 12.2. The quantitative estimate of drug-likeness (QED) is 0.651. The molecule has 7 rings (SSSR count). The highest BCUT2D eigenvalue weighted by atomic mass is 16.7. The third-order valence-corrected chi connectivity index (χ3v) is 10.8. The van der Waals surface area contributed by atoms with Gasteiger partial charge in [-0.15, -0.1) is 0 Å². The monoisotopic (exact) mass is 466 g/mol. The molecule has 0 spiro atoms. The smallest absolute Gasteiger partial charge is 0.186 e. The van der Waals surface area contributed by atoms with E-state index < -0.39 is 22.9 Å². The number of ketones is 1. The van der Waals surface area contributed by atoms with Crippen molar-refractivity contribution in [3.8, 4) is 0 Å². The molecule has 6 nitrogen and oxygen atoms in total. The number of hydrogen-bond acceptors (Lipinski definition) is 6. The molecule has 0 radical (unpaired) electrons. The average Bonchev–Trinajstić information content (AvgIpc) is 3.70. The van der Waals surface area contributed by atoms with Crippen molar-refractivity contribution in [1.29, 1.82) is 0 Å². The second kappa shape index (κ2) is 6.40. The first-order valence-corrected chi connectivity index (χ1v) is 12.8. The minimum Gasteiger partial charge on any atom is -0.386 e. The normalized spacial score (nSPS) is 53.1. The summed E-state index contributed by atoms with van der Waals surface area (Å²) < 4.78 is 18.0. The molecule has 0 bridgehead atoms. The maximum atomic E-state index is 13.2. The summed E-state index contributed by atoms with van der Waals surface area (Å²) in [6.07, 6.45) is 5.14. The molecule has 1 saturated carbocycles. The highest BCUT2D eigenvalue weighted by Gasteiger charge is 2.75. The van der Waals surface area contributed by atoms with E-state index in [-0.39, 0.29) is 47.4 Å². The van der Waals surface area contributed by atoms with Crippen molar-refractivity contribution in [1.82, 2.24) is 0 Å². The number of fused-ring (bicyclic) bond motifs is 9. The van der Waals surface area contributed by atoms with Crippen LogP contribution in [0.2, 0.25) is 0 Å². The number of aryl methyl sites for hydroxylation is 1. The van der Waals surface area contributed by atoms with Crippen LogP contribution in [-0.2, 0) is 25.4 Å². The Hall–Kier alpha value is -1.57. The van der Waals surface area contributed by atoms with Gasteiger partial charge in [0.1, 0.15) is 22.9 Å². The van der Waals surface area contributed by atoms with Gasteiger partial charge in [0.2, 0.25) is 0 Å². The molecule has 1 unspecified atom stereocenters. The Morgan fingerprint density at radius 2 is 1.97 bits per heavy atom. The van der Waals surface area contributed by atoms with E-state index in [0.717, 1.165) is 19.3 Å². The molecule has 1 aromatic carbocycles. The predicted molar refractivity (Wildman–Crippen MR) is 123 cm³/mol. The van der Waals surface area contributed by atoms with Crippen LogP contribution in [0.25, 0.3) is 0 Å². The maximum absolute atomic E-state index is 13.2. The minimum atomic E-state index is -1.11. The maximum Gasteiger partial charge on any atom is 0.186 e. The summed E-state index contributed by atoms with van der Waals surface area (Å²) >= 11 is 0. The van der Waals surface area contributed by atoms with Gasteiger partial charge in [0.15, 0.2) is 12.1 Å². The summed E-state index contributed by atoms with van der Waals surface area (Å²) in [7, 11) is 0. The molecule has 182 valence electrons. The van der Waals surface area contributed by atoms with Crippen LogP contribution < -0.4 is 0 Å². The highest BCUT2D eigenvalue weighted by Crippen LogP contribution is 2.66. The zero-order chi connectivity index (χ0) is 23.8. The van der Waals surface area contributed by atoms with Crippen LogP contribution in [0.1, 0.15) is 75.5 Å². The molecule has 3 saturated heterocycles. The van der Waals surface area contributed by atoms with Gasteiger partial charge in [-0.05, 0) is 68.7 Å². The van der Waals surface area contributed by atoms with E-state index in [1.807, 2.05) is 19.9 Å². The molecule has 34 heavy (non-hydrogen) atoms. The lowest BCUT2D eigenvalue weighted by atomic mass is 9.48. The molecular weight excluding hydrogens is 432 g/mol. The average molecular weight is 467 g/mol. The molecule has 3 aliphatic heterocycles.